The van der Waals surface area contributed by atoms with Crippen LogP contribution in [0.15, 0.2) is 49.2 Å². The Labute approximate surface area is 199 Å². The van der Waals surface area contributed by atoms with Crippen LogP contribution in [0.2, 0.25) is 0 Å². The van der Waals surface area contributed by atoms with E-state index in [0.29, 0.717) is 49.3 Å². The van der Waals surface area contributed by atoms with E-state index in [2.05, 4.69) is 19.9 Å². The van der Waals surface area contributed by atoms with Crippen molar-refractivity contribution in [2.75, 3.05) is 23.7 Å². The van der Waals surface area contributed by atoms with Crippen LogP contribution in [-0.2, 0) is 6.54 Å². The van der Waals surface area contributed by atoms with Gasteiger partial charge in [0.25, 0.3) is 0 Å². The number of pyridine rings is 1. The number of anilines is 2. The van der Waals surface area contributed by atoms with E-state index in [1.165, 1.54) is 18.5 Å². The van der Waals surface area contributed by atoms with E-state index >= 15 is 0 Å². The molecule has 4 aromatic rings. The second-order valence-corrected chi connectivity index (χ2v) is 8.99. The standard InChI is InChI=1S/C24H25F3N8/c25-17-4-2-15(3-5-17)18-8-16(11-35-14-33-21-22(28)31-13-32-23(21)35)19(10-30-18)34-7-1-6-24(29,12-34)9-20(26)27/h2-5,8,10,13-14,20H,1,6-7,9,11-12,29H2,(H2,28,31,32)/t24-/m0/s1. The van der Waals surface area contributed by atoms with Gasteiger partial charge in [-0.3, -0.25) is 4.98 Å². The lowest BCUT2D eigenvalue weighted by Crippen LogP contribution is -2.55. The van der Waals surface area contributed by atoms with E-state index in [0.717, 1.165) is 16.8 Å². The lowest BCUT2D eigenvalue weighted by Gasteiger charge is -2.42. The molecular formula is C24H25F3N8. The third kappa shape index (κ3) is 4.76. The average molecular weight is 483 g/mol. The number of halogens is 3. The highest BCUT2D eigenvalue weighted by Crippen LogP contribution is 2.33. The molecule has 1 atom stereocenters. The van der Waals surface area contributed by atoms with Crippen LogP contribution >= 0.6 is 0 Å². The van der Waals surface area contributed by atoms with Gasteiger partial charge in [0.1, 0.15) is 17.7 Å². The van der Waals surface area contributed by atoms with Crippen LogP contribution in [0.4, 0.5) is 24.7 Å². The third-order valence-corrected chi connectivity index (χ3v) is 6.39. The lowest BCUT2D eigenvalue weighted by molar-refractivity contribution is 0.0983. The van der Waals surface area contributed by atoms with Gasteiger partial charge in [-0.25, -0.2) is 28.1 Å². The Morgan fingerprint density at radius 1 is 1.09 bits per heavy atom. The van der Waals surface area contributed by atoms with Crippen LogP contribution in [0.25, 0.3) is 22.4 Å². The van der Waals surface area contributed by atoms with E-state index in [1.54, 1.807) is 24.7 Å². The maximum absolute atomic E-state index is 13.5. The Morgan fingerprint density at radius 2 is 1.89 bits per heavy atom. The molecule has 0 saturated carbocycles. The summed E-state index contributed by atoms with van der Waals surface area (Å²) in [6, 6.07) is 8.00. The summed E-state index contributed by atoms with van der Waals surface area (Å²) in [6.07, 6.45) is 3.14. The highest BCUT2D eigenvalue weighted by Gasteiger charge is 2.35. The molecule has 1 aliphatic heterocycles. The molecule has 1 aromatic carbocycles. The molecule has 0 radical (unpaired) electrons. The molecule has 4 heterocycles. The largest absolute Gasteiger partial charge is 0.382 e. The van der Waals surface area contributed by atoms with Gasteiger partial charge >= 0.3 is 0 Å². The summed E-state index contributed by atoms with van der Waals surface area (Å²) in [6.45, 7) is 1.34. The first-order chi connectivity index (χ1) is 16.8. The van der Waals surface area contributed by atoms with Gasteiger partial charge in [0.05, 0.1) is 30.5 Å². The summed E-state index contributed by atoms with van der Waals surface area (Å²) in [5.41, 5.74) is 15.5. The number of rotatable bonds is 6. The number of alkyl halides is 2. The zero-order chi connectivity index (χ0) is 24.6. The number of hydrogen-bond acceptors (Lipinski definition) is 7. The lowest BCUT2D eigenvalue weighted by atomic mass is 9.86. The monoisotopic (exact) mass is 482 g/mol. The fourth-order valence-electron chi connectivity index (χ4n) is 4.72. The molecule has 3 aromatic heterocycles. The zero-order valence-electron chi connectivity index (χ0n) is 18.9. The Morgan fingerprint density at radius 3 is 2.66 bits per heavy atom. The molecule has 0 aliphatic carbocycles. The molecular weight excluding hydrogens is 457 g/mol. The molecule has 5 rings (SSSR count). The Bertz CT molecular complexity index is 1340. The van der Waals surface area contributed by atoms with Crippen molar-refractivity contribution in [3.8, 4) is 11.3 Å². The smallest absolute Gasteiger partial charge is 0.240 e. The highest BCUT2D eigenvalue weighted by molar-refractivity contribution is 5.81. The summed E-state index contributed by atoms with van der Waals surface area (Å²) >= 11 is 0. The molecule has 1 aliphatic rings. The van der Waals surface area contributed by atoms with Crippen LogP contribution in [0.3, 0.4) is 0 Å². The van der Waals surface area contributed by atoms with Crippen molar-refractivity contribution in [2.24, 2.45) is 5.73 Å². The number of nitrogens with zero attached hydrogens (tertiary/aromatic N) is 6. The number of fused-ring (bicyclic) bond motifs is 1. The van der Waals surface area contributed by atoms with Crippen LogP contribution in [0.1, 0.15) is 24.8 Å². The fourth-order valence-corrected chi connectivity index (χ4v) is 4.72. The number of nitrogens with two attached hydrogens (primary N) is 2. The van der Waals surface area contributed by atoms with E-state index in [9.17, 15) is 13.2 Å². The zero-order valence-corrected chi connectivity index (χ0v) is 18.9. The van der Waals surface area contributed by atoms with E-state index in [4.69, 9.17) is 11.5 Å². The maximum Gasteiger partial charge on any atom is 0.240 e. The molecule has 11 heteroatoms. The highest BCUT2D eigenvalue weighted by atomic mass is 19.3. The first-order valence-electron chi connectivity index (χ1n) is 11.3. The second kappa shape index (κ2) is 9.14. The number of benzene rings is 1. The molecule has 182 valence electrons. The topological polar surface area (TPSA) is 112 Å². The second-order valence-electron chi connectivity index (χ2n) is 8.99. The molecule has 1 saturated heterocycles. The van der Waals surface area contributed by atoms with Crippen molar-refractivity contribution in [2.45, 2.75) is 37.8 Å². The molecule has 0 unspecified atom stereocenters. The average Bonchev–Trinajstić information content (AvgIpc) is 3.23. The predicted molar refractivity (Wildman–Crippen MR) is 127 cm³/mol. The molecule has 8 nitrogen and oxygen atoms in total. The summed E-state index contributed by atoms with van der Waals surface area (Å²) in [4.78, 5) is 19.3. The molecule has 0 spiro atoms. The number of piperidine rings is 1. The van der Waals surface area contributed by atoms with Gasteiger partial charge in [0.2, 0.25) is 6.43 Å². The Hall–Kier alpha value is -3.73. The summed E-state index contributed by atoms with van der Waals surface area (Å²) in [7, 11) is 0. The Balaban J connectivity index is 1.55. The fraction of sp³-hybridized carbons (Fsp3) is 0.333. The summed E-state index contributed by atoms with van der Waals surface area (Å²) in [5, 5.41) is 0. The maximum atomic E-state index is 13.5. The van der Waals surface area contributed by atoms with Crippen molar-refractivity contribution >= 4 is 22.7 Å². The van der Waals surface area contributed by atoms with E-state index in [-0.39, 0.29) is 18.1 Å². The molecule has 0 bridgehead atoms. The van der Waals surface area contributed by atoms with Crippen molar-refractivity contribution in [1.82, 2.24) is 24.5 Å². The van der Waals surface area contributed by atoms with Crippen molar-refractivity contribution in [3.63, 3.8) is 0 Å². The number of imidazole rings is 1. The van der Waals surface area contributed by atoms with E-state index < -0.39 is 12.0 Å². The van der Waals surface area contributed by atoms with Gasteiger partial charge in [0, 0.05) is 30.6 Å². The van der Waals surface area contributed by atoms with Crippen molar-refractivity contribution in [1.29, 1.82) is 0 Å². The molecule has 4 N–H and O–H groups in total. The number of nitrogen functional groups attached to an aromatic ring is 1. The minimum Gasteiger partial charge on any atom is -0.382 e. The van der Waals surface area contributed by atoms with E-state index in [1.807, 2.05) is 15.5 Å². The quantitative estimate of drug-likeness (QED) is 0.432. The van der Waals surface area contributed by atoms with Crippen LogP contribution in [-0.4, -0.2) is 49.6 Å². The van der Waals surface area contributed by atoms with Gasteiger partial charge in [-0.05, 0) is 48.7 Å². The Kier molecular flexibility index (Phi) is 6.01. The number of hydrogen-bond donors (Lipinski definition) is 2. The summed E-state index contributed by atoms with van der Waals surface area (Å²) < 4.78 is 41.7. The van der Waals surface area contributed by atoms with Crippen LogP contribution in [0.5, 0.6) is 0 Å². The summed E-state index contributed by atoms with van der Waals surface area (Å²) in [5.74, 6) is -0.0500. The molecule has 1 fully saturated rings. The van der Waals surface area contributed by atoms with Gasteiger partial charge < -0.3 is 20.9 Å². The van der Waals surface area contributed by atoms with Crippen molar-refractivity contribution < 1.29 is 13.2 Å². The van der Waals surface area contributed by atoms with Crippen LogP contribution in [0, 0.1) is 5.82 Å². The van der Waals surface area contributed by atoms with Gasteiger partial charge in [-0.2, -0.15) is 0 Å². The third-order valence-electron chi connectivity index (χ3n) is 6.39. The minimum atomic E-state index is -2.47. The SMILES string of the molecule is Nc1ncnc2c1ncn2Cc1cc(-c2ccc(F)cc2)ncc1N1CCC[C@](N)(CC(F)F)C1. The molecule has 0 amide bonds. The minimum absolute atomic E-state index is 0.284. The van der Waals surface area contributed by atoms with Gasteiger partial charge in [0.15, 0.2) is 11.5 Å². The number of aromatic nitrogens is 5. The first-order valence-corrected chi connectivity index (χ1v) is 11.3. The van der Waals surface area contributed by atoms with Gasteiger partial charge in [-0.15, -0.1) is 0 Å². The van der Waals surface area contributed by atoms with Gasteiger partial charge in [-0.1, -0.05) is 0 Å². The predicted octanol–water partition coefficient (Wildman–Crippen LogP) is 3.61. The first kappa shape index (κ1) is 23.0. The normalized spacial score (nSPS) is 18.5. The van der Waals surface area contributed by atoms with Crippen molar-refractivity contribution in [3.05, 3.63) is 60.6 Å². The van der Waals surface area contributed by atoms with Crippen LogP contribution < -0.4 is 16.4 Å². The molecule has 35 heavy (non-hydrogen) atoms.